The SMILES string of the molecule is O=S(=O)(NCC(O)c1ccc(-c2ccco2)o1)c1ccc2c(c1)CCO2. The van der Waals surface area contributed by atoms with E-state index in [0.717, 1.165) is 5.56 Å². The van der Waals surface area contributed by atoms with Crippen LogP contribution in [0.1, 0.15) is 17.4 Å². The van der Waals surface area contributed by atoms with Gasteiger partial charge in [-0.2, -0.15) is 0 Å². The second kappa shape index (κ2) is 6.64. The molecule has 1 aliphatic heterocycles. The van der Waals surface area contributed by atoms with Crippen LogP contribution in [0.4, 0.5) is 0 Å². The quantitative estimate of drug-likeness (QED) is 0.686. The van der Waals surface area contributed by atoms with Gasteiger partial charge in [0.2, 0.25) is 10.0 Å². The topological polar surface area (TPSA) is 102 Å². The highest BCUT2D eigenvalue weighted by molar-refractivity contribution is 7.89. The highest BCUT2D eigenvalue weighted by Gasteiger charge is 2.22. The van der Waals surface area contributed by atoms with Gasteiger partial charge >= 0.3 is 0 Å². The van der Waals surface area contributed by atoms with Crippen molar-refractivity contribution in [2.45, 2.75) is 17.4 Å². The summed E-state index contributed by atoms with van der Waals surface area (Å²) in [6, 6.07) is 11.4. The van der Waals surface area contributed by atoms with E-state index in [2.05, 4.69) is 4.72 Å². The maximum atomic E-state index is 12.5. The molecule has 1 atom stereocenters. The van der Waals surface area contributed by atoms with Crippen LogP contribution in [0.15, 0.2) is 62.5 Å². The maximum absolute atomic E-state index is 12.5. The zero-order valence-electron chi connectivity index (χ0n) is 13.7. The Labute approximate surface area is 150 Å². The Bertz CT molecular complexity index is 1010. The summed E-state index contributed by atoms with van der Waals surface area (Å²) in [5, 5.41) is 10.2. The molecule has 2 aromatic heterocycles. The van der Waals surface area contributed by atoms with Crippen molar-refractivity contribution in [1.29, 1.82) is 0 Å². The van der Waals surface area contributed by atoms with Crippen LogP contribution in [0.2, 0.25) is 0 Å². The number of rotatable bonds is 6. The van der Waals surface area contributed by atoms with Crippen molar-refractivity contribution < 1.29 is 27.1 Å². The average molecular weight is 375 g/mol. The van der Waals surface area contributed by atoms with Crippen molar-refractivity contribution in [3.05, 3.63) is 60.1 Å². The summed E-state index contributed by atoms with van der Waals surface area (Å²) in [5.74, 6) is 1.96. The van der Waals surface area contributed by atoms with Gasteiger partial charge in [0.1, 0.15) is 17.6 Å². The van der Waals surface area contributed by atoms with Gasteiger partial charge in [0, 0.05) is 13.0 Å². The predicted molar refractivity (Wildman–Crippen MR) is 92.2 cm³/mol. The summed E-state index contributed by atoms with van der Waals surface area (Å²) in [6.07, 6.45) is 1.08. The Balaban J connectivity index is 1.44. The third kappa shape index (κ3) is 3.26. The number of sulfonamides is 1. The molecule has 0 spiro atoms. The summed E-state index contributed by atoms with van der Waals surface area (Å²) in [4.78, 5) is 0.143. The molecule has 0 saturated heterocycles. The molecule has 0 aliphatic carbocycles. The van der Waals surface area contributed by atoms with Crippen molar-refractivity contribution in [3.8, 4) is 17.3 Å². The molecule has 1 aromatic carbocycles. The summed E-state index contributed by atoms with van der Waals surface area (Å²) in [7, 11) is -3.75. The van der Waals surface area contributed by atoms with Gasteiger partial charge in [-0.05, 0) is 48.0 Å². The molecule has 136 valence electrons. The molecule has 3 heterocycles. The number of benzene rings is 1. The molecule has 0 saturated carbocycles. The molecular weight excluding hydrogens is 358 g/mol. The Morgan fingerprint density at radius 3 is 2.85 bits per heavy atom. The standard InChI is InChI=1S/C18H17NO6S/c20-14(16-5-6-18(25-16)17-2-1-8-23-17)11-19-26(21,22)13-3-4-15-12(10-13)7-9-24-15/h1-6,8,10,14,19-20H,7,9,11H2. The Hall–Kier alpha value is -2.55. The molecule has 4 rings (SSSR count). The van der Waals surface area contributed by atoms with Gasteiger partial charge < -0.3 is 18.7 Å². The van der Waals surface area contributed by atoms with Gasteiger partial charge in [-0.25, -0.2) is 13.1 Å². The lowest BCUT2D eigenvalue weighted by atomic mass is 10.2. The minimum Gasteiger partial charge on any atom is -0.493 e. The summed E-state index contributed by atoms with van der Waals surface area (Å²) < 4.78 is 43.4. The number of aliphatic hydroxyl groups excluding tert-OH is 1. The zero-order valence-corrected chi connectivity index (χ0v) is 14.5. The summed E-state index contributed by atoms with van der Waals surface area (Å²) >= 11 is 0. The van der Waals surface area contributed by atoms with E-state index < -0.39 is 16.1 Å². The number of nitrogens with one attached hydrogen (secondary N) is 1. The summed E-state index contributed by atoms with van der Waals surface area (Å²) in [6.45, 7) is 0.350. The lowest BCUT2D eigenvalue weighted by Gasteiger charge is -2.11. The van der Waals surface area contributed by atoms with E-state index in [9.17, 15) is 13.5 Å². The van der Waals surface area contributed by atoms with Gasteiger partial charge in [-0.1, -0.05) is 0 Å². The Morgan fingerprint density at radius 2 is 2.04 bits per heavy atom. The van der Waals surface area contributed by atoms with Crippen LogP contribution >= 0.6 is 0 Å². The van der Waals surface area contributed by atoms with Crippen LogP contribution in [-0.2, 0) is 16.4 Å². The minimum absolute atomic E-state index is 0.143. The van der Waals surface area contributed by atoms with Crippen molar-refractivity contribution >= 4 is 10.0 Å². The number of fused-ring (bicyclic) bond motifs is 1. The normalized spacial score (nSPS) is 14.8. The monoisotopic (exact) mass is 375 g/mol. The molecule has 1 aliphatic rings. The van der Waals surface area contributed by atoms with Gasteiger partial charge in [0.05, 0.1) is 17.8 Å². The van der Waals surface area contributed by atoms with Crippen LogP contribution in [0.25, 0.3) is 11.5 Å². The van der Waals surface area contributed by atoms with E-state index >= 15 is 0 Å². The van der Waals surface area contributed by atoms with Crippen molar-refractivity contribution in [1.82, 2.24) is 4.72 Å². The van der Waals surface area contributed by atoms with Crippen molar-refractivity contribution in [3.63, 3.8) is 0 Å². The molecule has 3 aromatic rings. The number of aliphatic hydroxyl groups is 1. The lowest BCUT2D eigenvalue weighted by Crippen LogP contribution is -2.28. The molecule has 2 N–H and O–H groups in total. The molecule has 0 amide bonds. The van der Waals surface area contributed by atoms with Crippen molar-refractivity contribution in [2.75, 3.05) is 13.2 Å². The lowest BCUT2D eigenvalue weighted by molar-refractivity contribution is 0.154. The number of ether oxygens (including phenoxy) is 1. The van der Waals surface area contributed by atoms with Gasteiger partial charge in [-0.15, -0.1) is 0 Å². The largest absolute Gasteiger partial charge is 0.493 e. The van der Waals surface area contributed by atoms with E-state index in [-0.39, 0.29) is 17.2 Å². The Kier molecular flexibility index (Phi) is 4.31. The van der Waals surface area contributed by atoms with Crippen LogP contribution in [0.3, 0.4) is 0 Å². The first-order valence-corrected chi connectivity index (χ1v) is 9.58. The van der Waals surface area contributed by atoms with Gasteiger partial charge in [0.15, 0.2) is 11.5 Å². The fraction of sp³-hybridized carbons (Fsp3) is 0.222. The van der Waals surface area contributed by atoms with E-state index in [1.165, 1.54) is 12.3 Å². The maximum Gasteiger partial charge on any atom is 0.240 e. The average Bonchev–Trinajstić information content (AvgIpc) is 3.39. The highest BCUT2D eigenvalue weighted by Crippen LogP contribution is 2.28. The number of furan rings is 2. The zero-order chi connectivity index (χ0) is 18.1. The molecule has 1 unspecified atom stereocenters. The number of hydrogen-bond acceptors (Lipinski definition) is 6. The highest BCUT2D eigenvalue weighted by atomic mass is 32.2. The smallest absolute Gasteiger partial charge is 0.240 e. The second-order valence-electron chi connectivity index (χ2n) is 5.92. The molecule has 7 nitrogen and oxygen atoms in total. The van der Waals surface area contributed by atoms with Crippen LogP contribution in [0, 0.1) is 0 Å². The predicted octanol–water partition coefficient (Wildman–Crippen LogP) is 2.49. The van der Waals surface area contributed by atoms with Gasteiger partial charge in [-0.3, -0.25) is 0 Å². The van der Waals surface area contributed by atoms with E-state index in [1.807, 2.05) is 0 Å². The number of hydrogen-bond donors (Lipinski definition) is 2. The van der Waals surface area contributed by atoms with E-state index in [4.69, 9.17) is 13.6 Å². The van der Waals surface area contributed by atoms with Gasteiger partial charge in [0.25, 0.3) is 0 Å². The first-order valence-electron chi connectivity index (χ1n) is 8.10. The third-order valence-electron chi connectivity index (χ3n) is 4.16. The van der Waals surface area contributed by atoms with Crippen LogP contribution < -0.4 is 9.46 Å². The minimum atomic E-state index is -3.75. The summed E-state index contributed by atoms with van der Waals surface area (Å²) in [5.41, 5.74) is 0.863. The fourth-order valence-corrected chi connectivity index (χ4v) is 3.87. The van der Waals surface area contributed by atoms with Crippen LogP contribution in [0.5, 0.6) is 5.75 Å². The first-order chi connectivity index (χ1) is 12.5. The van der Waals surface area contributed by atoms with E-state index in [0.29, 0.717) is 30.3 Å². The molecule has 8 heteroatoms. The molecule has 0 bridgehead atoms. The molecule has 0 fully saturated rings. The van der Waals surface area contributed by atoms with E-state index in [1.54, 1.807) is 36.4 Å². The fourth-order valence-electron chi connectivity index (χ4n) is 2.79. The second-order valence-corrected chi connectivity index (χ2v) is 7.68. The third-order valence-corrected chi connectivity index (χ3v) is 5.58. The Morgan fingerprint density at radius 1 is 1.15 bits per heavy atom. The molecular formula is C18H17NO6S. The molecule has 26 heavy (non-hydrogen) atoms. The molecule has 0 radical (unpaired) electrons. The van der Waals surface area contributed by atoms with Crippen LogP contribution in [-0.4, -0.2) is 26.7 Å². The first kappa shape index (κ1) is 16.9. The van der Waals surface area contributed by atoms with Crippen molar-refractivity contribution in [2.24, 2.45) is 0 Å².